The van der Waals surface area contributed by atoms with Gasteiger partial charge < -0.3 is 14.4 Å². The van der Waals surface area contributed by atoms with Gasteiger partial charge in [0.1, 0.15) is 17.2 Å². The van der Waals surface area contributed by atoms with Crippen molar-refractivity contribution in [1.82, 2.24) is 14.7 Å². The monoisotopic (exact) mass is 433 g/mol. The third kappa shape index (κ3) is 4.96. The van der Waals surface area contributed by atoms with Crippen molar-refractivity contribution in [3.63, 3.8) is 0 Å². The average Bonchev–Trinajstić information content (AvgIpc) is 3.60. The number of hydrogen-bond acceptors (Lipinski definition) is 4. The third-order valence-electron chi connectivity index (χ3n) is 5.56. The maximum atomic E-state index is 13.1. The summed E-state index contributed by atoms with van der Waals surface area (Å²) in [6.07, 6.45) is 1.97. The number of ether oxygens (including phenoxy) is 2. The minimum absolute atomic E-state index is 0.161. The molecule has 3 aromatic rings. The molecule has 1 heterocycles. The molecule has 1 aliphatic rings. The van der Waals surface area contributed by atoms with E-state index in [-0.39, 0.29) is 11.8 Å². The second-order valence-electron chi connectivity index (χ2n) is 8.79. The van der Waals surface area contributed by atoms with Gasteiger partial charge in [-0.15, -0.1) is 0 Å². The van der Waals surface area contributed by atoms with Crippen LogP contribution in [0.25, 0.3) is 11.3 Å². The van der Waals surface area contributed by atoms with E-state index in [0.717, 1.165) is 35.4 Å². The second-order valence-corrected chi connectivity index (χ2v) is 8.79. The van der Waals surface area contributed by atoms with Gasteiger partial charge in [-0.1, -0.05) is 50.2 Å². The number of carbonyl (C=O) groups excluding carboxylic acids is 1. The molecular formula is C26H31N3O3. The quantitative estimate of drug-likeness (QED) is 0.461. The van der Waals surface area contributed by atoms with Gasteiger partial charge in [-0.3, -0.25) is 4.79 Å². The Bertz CT molecular complexity index is 1070. The number of hydrogen-bond donors (Lipinski definition) is 0. The number of carbonyl (C=O) groups is 1. The average molecular weight is 434 g/mol. The zero-order valence-corrected chi connectivity index (χ0v) is 19.2. The van der Waals surface area contributed by atoms with Crippen LogP contribution in [0.3, 0.4) is 0 Å². The normalized spacial score (nSPS) is 13.3. The number of rotatable bonds is 9. The summed E-state index contributed by atoms with van der Waals surface area (Å²) in [5.41, 5.74) is 2.75. The van der Waals surface area contributed by atoms with Crippen LogP contribution >= 0.6 is 0 Å². The molecule has 2 aromatic carbocycles. The van der Waals surface area contributed by atoms with Crippen LogP contribution in [-0.2, 0) is 18.4 Å². The molecule has 0 saturated heterocycles. The van der Waals surface area contributed by atoms with Gasteiger partial charge in [-0.05, 0) is 30.9 Å². The van der Waals surface area contributed by atoms with Crippen molar-refractivity contribution < 1.29 is 14.3 Å². The third-order valence-corrected chi connectivity index (χ3v) is 5.56. The first-order valence-electron chi connectivity index (χ1n) is 11.2. The summed E-state index contributed by atoms with van der Waals surface area (Å²) < 4.78 is 13.4. The fourth-order valence-corrected chi connectivity index (χ4v) is 3.88. The highest BCUT2D eigenvalue weighted by atomic mass is 16.5. The van der Waals surface area contributed by atoms with Gasteiger partial charge in [0.15, 0.2) is 0 Å². The van der Waals surface area contributed by atoms with Gasteiger partial charge in [0.05, 0.1) is 19.2 Å². The molecule has 1 aromatic heterocycles. The SMILES string of the molecule is COc1cccc(Oc2c(CN(CC(C)C)C(=O)C3CC3)c(-c3ccccc3)nn2C)c1. The van der Waals surface area contributed by atoms with Crippen molar-refractivity contribution >= 4 is 5.91 Å². The van der Waals surface area contributed by atoms with Crippen molar-refractivity contribution in [2.45, 2.75) is 33.2 Å². The van der Waals surface area contributed by atoms with Crippen molar-refractivity contribution in [3.05, 3.63) is 60.2 Å². The van der Waals surface area contributed by atoms with Crippen LogP contribution in [0.5, 0.6) is 17.4 Å². The van der Waals surface area contributed by atoms with Crippen LogP contribution in [0.1, 0.15) is 32.3 Å². The van der Waals surface area contributed by atoms with E-state index in [1.54, 1.807) is 11.8 Å². The summed E-state index contributed by atoms with van der Waals surface area (Å²) in [5.74, 6) is 2.78. The molecule has 0 aliphatic heterocycles. The Hall–Kier alpha value is -3.28. The summed E-state index contributed by atoms with van der Waals surface area (Å²) >= 11 is 0. The minimum Gasteiger partial charge on any atom is -0.497 e. The van der Waals surface area contributed by atoms with E-state index in [4.69, 9.17) is 14.6 Å². The standard InChI is InChI=1S/C26H31N3O3/c1-18(2)16-29(25(30)20-13-14-20)17-23-24(19-9-6-5-7-10-19)27-28(3)26(23)32-22-12-8-11-21(15-22)31-4/h5-12,15,18,20H,13-14,16-17H2,1-4H3. The molecule has 0 spiro atoms. The number of benzene rings is 2. The Balaban J connectivity index is 1.75. The summed E-state index contributed by atoms with van der Waals surface area (Å²) in [6, 6.07) is 17.6. The highest BCUT2D eigenvalue weighted by Crippen LogP contribution is 2.37. The van der Waals surface area contributed by atoms with Crippen molar-refractivity contribution in [2.75, 3.05) is 13.7 Å². The molecule has 32 heavy (non-hydrogen) atoms. The number of aromatic nitrogens is 2. The van der Waals surface area contributed by atoms with Crippen LogP contribution in [0.4, 0.5) is 0 Å². The highest BCUT2D eigenvalue weighted by Gasteiger charge is 2.35. The largest absolute Gasteiger partial charge is 0.497 e. The molecule has 1 aliphatic carbocycles. The Labute approximate surface area is 189 Å². The fraction of sp³-hybridized carbons (Fsp3) is 0.385. The number of methoxy groups -OCH3 is 1. The van der Waals surface area contributed by atoms with E-state index in [1.807, 2.05) is 66.5 Å². The first-order chi connectivity index (χ1) is 15.5. The lowest BCUT2D eigenvalue weighted by atomic mass is 10.1. The first kappa shape index (κ1) is 21.9. The fourth-order valence-electron chi connectivity index (χ4n) is 3.88. The van der Waals surface area contributed by atoms with Gasteiger partial charge in [-0.25, -0.2) is 4.68 Å². The molecule has 0 bridgehead atoms. The molecule has 6 heteroatoms. The van der Waals surface area contributed by atoms with Crippen molar-refractivity contribution in [3.8, 4) is 28.6 Å². The lowest BCUT2D eigenvalue weighted by Gasteiger charge is -2.25. The highest BCUT2D eigenvalue weighted by molar-refractivity contribution is 5.81. The molecule has 1 amide bonds. The van der Waals surface area contributed by atoms with E-state index < -0.39 is 0 Å². The predicted molar refractivity (Wildman–Crippen MR) is 125 cm³/mol. The maximum Gasteiger partial charge on any atom is 0.225 e. The number of aryl methyl sites for hydroxylation is 1. The smallest absolute Gasteiger partial charge is 0.225 e. The molecule has 4 rings (SSSR count). The molecule has 6 nitrogen and oxygen atoms in total. The summed E-state index contributed by atoms with van der Waals surface area (Å²) in [7, 11) is 3.51. The molecule has 0 N–H and O–H groups in total. The van der Waals surface area contributed by atoms with Crippen molar-refractivity contribution in [1.29, 1.82) is 0 Å². The van der Waals surface area contributed by atoms with E-state index >= 15 is 0 Å². The van der Waals surface area contributed by atoms with Crippen LogP contribution in [0, 0.1) is 11.8 Å². The van der Waals surface area contributed by atoms with Gasteiger partial charge >= 0.3 is 0 Å². The van der Waals surface area contributed by atoms with Gasteiger partial charge in [0.25, 0.3) is 0 Å². The van der Waals surface area contributed by atoms with Crippen LogP contribution < -0.4 is 9.47 Å². The molecule has 1 saturated carbocycles. The van der Waals surface area contributed by atoms with E-state index in [0.29, 0.717) is 30.6 Å². The number of amides is 1. The lowest BCUT2D eigenvalue weighted by molar-refractivity contribution is -0.133. The van der Waals surface area contributed by atoms with Crippen LogP contribution in [-0.4, -0.2) is 34.2 Å². The summed E-state index contributed by atoms with van der Waals surface area (Å²) in [6.45, 7) is 5.45. The van der Waals surface area contributed by atoms with Gasteiger partial charge in [0.2, 0.25) is 11.8 Å². The first-order valence-corrected chi connectivity index (χ1v) is 11.2. The topological polar surface area (TPSA) is 56.6 Å². The van der Waals surface area contributed by atoms with E-state index in [1.165, 1.54) is 0 Å². The Morgan fingerprint density at radius 2 is 1.84 bits per heavy atom. The molecular weight excluding hydrogens is 402 g/mol. The molecule has 0 radical (unpaired) electrons. The van der Waals surface area contributed by atoms with E-state index in [9.17, 15) is 4.79 Å². The van der Waals surface area contributed by atoms with Crippen LogP contribution in [0.15, 0.2) is 54.6 Å². The Morgan fingerprint density at radius 1 is 1.12 bits per heavy atom. The van der Waals surface area contributed by atoms with Gasteiger partial charge in [-0.2, -0.15) is 5.10 Å². The zero-order chi connectivity index (χ0) is 22.7. The minimum atomic E-state index is 0.161. The molecule has 1 fully saturated rings. The zero-order valence-electron chi connectivity index (χ0n) is 19.2. The molecule has 168 valence electrons. The number of nitrogens with zero attached hydrogens (tertiary/aromatic N) is 3. The summed E-state index contributed by atoms with van der Waals surface area (Å²) in [4.78, 5) is 15.1. The molecule has 0 atom stereocenters. The second kappa shape index (κ2) is 9.47. The maximum absolute atomic E-state index is 13.1. The van der Waals surface area contributed by atoms with Crippen LogP contribution in [0.2, 0.25) is 0 Å². The Kier molecular flexibility index (Phi) is 6.49. The Morgan fingerprint density at radius 3 is 2.50 bits per heavy atom. The van der Waals surface area contributed by atoms with Gasteiger partial charge in [0, 0.05) is 31.1 Å². The van der Waals surface area contributed by atoms with E-state index in [2.05, 4.69) is 13.8 Å². The lowest BCUT2D eigenvalue weighted by Crippen LogP contribution is -2.35. The van der Waals surface area contributed by atoms with Crippen molar-refractivity contribution in [2.24, 2.45) is 18.9 Å². The summed E-state index contributed by atoms with van der Waals surface area (Å²) in [5, 5.41) is 4.79. The molecule has 0 unspecified atom stereocenters. The predicted octanol–water partition coefficient (Wildman–Crippen LogP) is 5.28.